The molecule has 0 bridgehead atoms. The normalized spacial score (nSPS) is 21.3. The Bertz CT molecular complexity index is 1780. The topological polar surface area (TPSA) is 123 Å². The van der Waals surface area contributed by atoms with Crippen LogP contribution in [0.3, 0.4) is 0 Å². The summed E-state index contributed by atoms with van der Waals surface area (Å²) in [5.74, 6) is 4.36. The van der Waals surface area contributed by atoms with Crippen LogP contribution in [0.4, 0.5) is 20.3 Å². The number of para-hydroxylation sites is 1. The third-order valence-corrected chi connectivity index (χ3v) is 7.93. The molecule has 4 aromatic rings. The molecule has 0 unspecified atom stereocenters. The zero-order valence-electron chi connectivity index (χ0n) is 23.1. The number of carboxylic acid groups (broad SMARTS) is 1. The van der Waals surface area contributed by atoms with Crippen molar-refractivity contribution < 1.29 is 37.3 Å². The number of rotatable bonds is 6. The zero-order chi connectivity index (χ0) is 29.7. The van der Waals surface area contributed by atoms with E-state index in [9.17, 15) is 18.7 Å². The van der Waals surface area contributed by atoms with E-state index in [1.165, 1.54) is 4.90 Å². The number of ether oxygens (including phenoxy) is 3. The van der Waals surface area contributed by atoms with E-state index in [1.807, 2.05) is 6.07 Å². The Morgan fingerprint density at radius 2 is 2.09 bits per heavy atom. The van der Waals surface area contributed by atoms with Crippen molar-refractivity contribution in [2.24, 2.45) is 0 Å². The molecule has 3 aliphatic rings. The molecule has 0 amide bonds. The number of aliphatic carboxylic acids is 1. The van der Waals surface area contributed by atoms with Crippen LogP contribution < -0.4 is 14.5 Å². The van der Waals surface area contributed by atoms with E-state index in [-0.39, 0.29) is 29.9 Å². The number of alkyl halides is 2. The first-order valence-corrected chi connectivity index (χ1v) is 13.9. The molecule has 0 radical (unpaired) electrons. The number of aromatic nitrogens is 3. The van der Waals surface area contributed by atoms with Crippen LogP contribution in [0.2, 0.25) is 0 Å². The fourth-order valence-corrected chi connectivity index (χ4v) is 5.92. The van der Waals surface area contributed by atoms with E-state index in [1.54, 1.807) is 37.4 Å². The van der Waals surface area contributed by atoms with Crippen molar-refractivity contribution in [3.8, 4) is 17.7 Å². The Balaban J connectivity index is 1.24. The molecule has 3 fully saturated rings. The summed E-state index contributed by atoms with van der Waals surface area (Å²) in [6.45, 7) is 4.44. The number of morpholine rings is 1. The molecule has 1 aromatic carbocycles. The van der Waals surface area contributed by atoms with Gasteiger partial charge in [-0.05, 0) is 25.1 Å². The number of nitrogens with zero attached hydrogens (tertiary/aromatic N) is 5. The van der Waals surface area contributed by atoms with Crippen molar-refractivity contribution in [2.75, 3.05) is 49.3 Å². The van der Waals surface area contributed by atoms with Crippen LogP contribution in [0.1, 0.15) is 31.2 Å². The molecular weight excluding hydrogens is 564 g/mol. The first-order valence-electron chi connectivity index (χ1n) is 13.9. The average molecular weight is 592 g/mol. The maximum absolute atomic E-state index is 13.9. The summed E-state index contributed by atoms with van der Waals surface area (Å²) in [5, 5.41) is 10.7. The van der Waals surface area contributed by atoms with Crippen molar-refractivity contribution >= 4 is 39.5 Å². The lowest BCUT2D eigenvalue weighted by Gasteiger charge is -2.48. The second kappa shape index (κ2) is 10.6. The number of pyridine rings is 1. The van der Waals surface area contributed by atoms with Gasteiger partial charge in [-0.15, -0.1) is 5.92 Å². The Hall–Kier alpha value is -4.54. The number of furan rings is 1. The number of carboxylic acids is 1. The van der Waals surface area contributed by atoms with Crippen molar-refractivity contribution in [3.05, 3.63) is 47.9 Å². The summed E-state index contributed by atoms with van der Waals surface area (Å²) in [6.07, 6.45) is -1.95. The van der Waals surface area contributed by atoms with Gasteiger partial charge in [0.05, 0.1) is 32.9 Å². The van der Waals surface area contributed by atoms with Crippen LogP contribution in [0.15, 0.2) is 40.9 Å². The fraction of sp³-hybridized carbons (Fsp3) is 0.400. The summed E-state index contributed by atoms with van der Waals surface area (Å²) >= 11 is 0. The summed E-state index contributed by atoms with van der Waals surface area (Å²) in [5.41, 5.74) is 1.79. The Kier molecular flexibility index (Phi) is 6.75. The molecule has 0 saturated carbocycles. The number of anilines is 2. The Labute approximate surface area is 244 Å². The molecule has 3 aromatic heterocycles. The highest BCUT2D eigenvalue weighted by molar-refractivity contribution is 6.06. The molecule has 0 aliphatic carbocycles. The highest BCUT2D eigenvalue weighted by atomic mass is 19.3. The molecule has 3 saturated heterocycles. The van der Waals surface area contributed by atoms with Crippen LogP contribution in [0.25, 0.3) is 22.1 Å². The molecule has 7 rings (SSSR count). The first kappa shape index (κ1) is 27.3. The molecular formula is C30H27F2N5O6. The van der Waals surface area contributed by atoms with Gasteiger partial charge in [0, 0.05) is 30.1 Å². The molecule has 3 aliphatic heterocycles. The molecule has 13 heteroatoms. The van der Waals surface area contributed by atoms with Crippen LogP contribution in [-0.4, -0.2) is 83.2 Å². The van der Waals surface area contributed by atoms with Crippen molar-refractivity contribution in [3.63, 3.8) is 0 Å². The summed E-state index contributed by atoms with van der Waals surface area (Å²) in [4.78, 5) is 28.7. The predicted octanol–water partition coefficient (Wildman–Crippen LogP) is 3.80. The van der Waals surface area contributed by atoms with Crippen molar-refractivity contribution in [1.82, 2.24) is 15.0 Å². The fourth-order valence-electron chi connectivity index (χ4n) is 5.92. The maximum atomic E-state index is 13.9. The minimum atomic E-state index is -2.97. The van der Waals surface area contributed by atoms with Gasteiger partial charge >= 0.3 is 5.97 Å². The van der Waals surface area contributed by atoms with Gasteiger partial charge in [0.25, 0.3) is 6.43 Å². The van der Waals surface area contributed by atoms with Gasteiger partial charge < -0.3 is 33.5 Å². The minimum Gasteiger partial charge on any atom is -0.480 e. The van der Waals surface area contributed by atoms with E-state index in [0.29, 0.717) is 61.0 Å². The Morgan fingerprint density at radius 3 is 2.84 bits per heavy atom. The van der Waals surface area contributed by atoms with Gasteiger partial charge in [-0.3, -0.25) is 0 Å². The van der Waals surface area contributed by atoms with Gasteiger partial charge in [0.2, 0.25) is 5.88 Å². The smallest absolute Gasteiger partial charge is 0.326 e. The van der Waals surface area contributed by atoms with Crippen LogP contribution in [0.5, 0.6) is 5.88 Å². The lowest BCUT2D eigenvalue weighted by Crippen LogP contribution is -2.63. The van der Waals surface area contributed by atoms with Crippen LogP contribution in [-0.2, 0) is 14.3 Å². The predicted molar refractivity (Wildman–Crippen MR) is 151 cm³/mol. The average Bonchev–Trinajstić information content (AvgIpc) is 3.58. The Morgan fingerprint density at radius 1 is 1.26 bits per heavy atom. The van der Waals surface area contributed by atoms with E-state index < -0.39 is 36.0 Å². The molecule has 1 N–H and O–H groups in total. The minimum absolute atomic E-state index is 0.0168. The zero-order valence-corrected chi connectivity index (χ0v) is 23.1. The van der Waals surface area contributed by atoms with Gasteiger partial charge in [-0.25, -0.2) is 28.5 Å². The standard InChI is InChI=1S/C30H27F2N5O6/c1-2-5-17-10-20(36-8-9-41-30(14-36)15-40-16-30)28(33-12-17)42-18-11-21(29(38)39)37(13-18)27-24-23(34-26(35-27)25(31)32)19-6-3-4-7-22(19)43-24/h3-4,6-7,10,12,18,21,25H,8-9,11,13-16H2,1H3,(H,38,39)/t18-,21-/m0/s1. The van der Waals surface area contributed by atoms with Gasteiger partial charge in [0.1, 0.15) is 34.5 Å². The second-order valence-electron chi connectivity index (χ2n) is 10.8. The molecule has 11 nitrogen and oxygen atoms in total. The quantitative estimate of drug-likeness (QED) is 0.330. The SMILES string of the molecule is CC#Cc1cnc(O[C@H]2C[C@@H](C(=O)O)N(c3nc(C(F)F)nc4c3oc3ccccc34)C2)c(N2CCOC3(COC3)C2)c1. The third kappa shape index (κ3) is 4.86. The van der Waals surface area contributed by atoms with E-state index >= 15 is 0 Å². The van der Waals surface area contributed by atoms with E-state index in [2.05, 4.69) is 31.7 Å². The number of benzene rings is 1. The van der Waals surface area contributed by atoms with Crippen LogP contribution >= 0.6 is 0 Å². The van der Waals surface area contributed by atoms with E-state index in [4.69, 9.17) is 18.6 Å². The lowest BCUT2D eigenvalue weighted by molar-refractivity contribution is -0.211. The largest absolute Gasteiger partial charge is 0.480 e. The van der Waals surface area contributed by atoms with Gasteiger partial charge in [-0.1, -0.05) is 18.1 Å². The highest BCUT2D eigenvalue weighted by Gasteiger charge is 2.45. The van der Waals surface area contributed by atoms with E-state index in [0.717, 1.165) is 0 Å². The van der Waals surface area contributed by atoms with Gasteiger partial charge in [0.15, 0.2) is 17.2 Å². The third-order valence-electron chi connectivity index (χ3n) is 7.93. The molecule has 6 heterocycles. The molecule has 222 valence electrons. The first-order chi connectivity index (χ1) is 20.8. The molecule has 1 spiro atoms. The second-order valence-corrected chi connectivity index (χ2v) is 10.8. The number of hydrogen-bond donors (Lipinski definition) is 1. The lowest BCUT2D eigenvalue weighted by atomic mass is 9.99. The molecule has 43 heavy (non-hydrogen) atoms. The maximum Gasteiger partial charge on any atom is 0.326 e. The van der Waals surface area contributed by atoms with Crippen molar-refractivity contribution in [2.45, 2.75) is 37.5 Å². The summed E-state index contributed by atoms with van der Waals surface area (Å²) in [6, 6.07) is 7.69. The summed E-state index contributed by atoms with van der Waals surface area (Å²) in [7, 11) is 0. The van der Waals surface area contributed by atoms with Gasteiger partial charge in [-0.2, -0.15) is 0 Å². The number of fused-ring (bicyclic) bond motifs is 3. The number of carbonyl (C=O) groups is 1. The number of hydrogen-bond acceptors (Lipinski definition) is 10. The molecule has 2 atom stereocenters. The number of halogens is 2. The monoisotopic (exact) mass is 591 g/mol. The highest BCUT2D eigenvalue weighted by Crippen LogP contribution is 2.39. The van der Waals surface area contributed by atoms with Crippen molar-refractivity contribution in [1.29, 1.82) is 0 Å². The summed E-state index contributed by atoms with van der Waals surface area (Å²) < 4.78 is 51.6. The van der Waals surface area contributed by atoms with Crippen LogP contribution in [0, 0.1) is 11.8 Å².